The van der Waals surface area contributed by atoms with Crippen LogP contribution in [-0.4, -0.2) is 15.5 Å². The first kappa shape index (κ1) is 8.74. The summed E-state index contributed by atoms with van der Waals surface area (Å²) in [6.45, 7) is 2.81. The second kappa shape index (κ2) is 3.14. The van der Waals surface area contributed by atoms with Gasteiger partial charge in [-0.3, -0.25) is 9.78 Å². The molecule has 4 heteroatoms. The number of aromatic nitrogens is 2. The first-order valence-electron chi connectivity index (χ1n) is 4.47. The van der Waals surface area contributed by atoms with Crippen LogP contribution in [0.5, 0.6) is 0 Å². The van der Waals surface area contributed by atoms with E-state index in [9.17, 15) is 4.79 Å². The Labute approximate surface area is 81.3 Å². The SMILES string of the molecule is CCn1cc(C(N)=O)c2ncccc21. The number of fused-ring (bicyclic) bond motifs is 1. The van der Waals surface area contributed by atoms with Gasteiger partial charge < -0.3 is 10.3 Å². The van der Waals surface area contributed by atoms with Crippen LogP contribution >= 0.6 is 0 Å². The number of carbonyl (C=O) groups excluding carboxylic acids is 1. The van der Waals surface area contributed by atoms with Gasteiger partial charge in [0.2, 0.25) is 0 Å². The average Bonchev–Trinajstić information content (AvgIpc) is 2.56. The minimum Gasteiger partial charge on any atom is -0.365 e. The molecule has 0 aliphatic heterocycles. The topological polar surface area (TPSA) is 60.9 Å². The molecule has 72 valence electrons. The zero-order valence-corrected chi connectivity index (χ0v) is 7.90. The minimum absolute atomic E-state index is 0.430. The number of aryl methyl sites for hydroxylation is 1. The van der Waals surface area contributed by atoms with Crippen molar-refractivity contribution in [1.29, 1.82) is 0 Å². The molecule has 0 unspecified atom stereocenters. The molecule has 0 bridgehead atoms. The van der Waals surface area contributed by atoms with Gasteiger partial charge >= 0.3 is 0 Å². The van der Waals surface area contributed by atoms with E-state index < -0.39 is 5.91 Å². The Morgan fingerprint density at radius 1 is 1.64 bits per heavy atom. The van der Waals surface area contributed by atoms with Gasteiger partial charge in [-0.15, -0.1) is 0 Å². The Morgan fingerprint density at radius 2 is 2.43 bits per heavy atom. The van der Waals surface area contributed by atoms with Crippen molar-refractivity contribution in [3.63, 3.8) is 0 Å². The summed E-state index contributed by atoms with van der Waals surface area (Å²) >= 11 is 0. The van der Waals surface area contributed by atoms with Crippen molar-refractivity contribution < 1.29 is 4.79 Å². The van der Waals surface area contributed by atoms with Crippen LogP contribution in [-0.2, 0) is 6.54 Å². The van der Waals surface area contributed by atoms with Gasteiger partial charge in [-0.25, -0.2) is 0 Å². The molecule has 0 saturated carbocycles. The fraction of sp³-hybridized carbons (Fsp3) is 0.200. The first-order chi connectivity index (χ1) is 6.74. The maximum Gasteiger partial charge on any atom is 0.252 e. The highest BCUT2D eigenvalue weighted by Crippen LogP contribution is 2.18. The smallest absolute Gasteiger partial charge is 0.252 e. The number of hydrogen-bond acceptors (Lipinski definition) is 2. The van der Waals surface area contributed by atoms with E-state index in [1.54, 1.807) is 12.4 Å². The van der Waals surface area contributed by atoms with Crippen LogP contribution in [0.3, 0.4) is 0 Å². The van der Waals surface area contributed by atoms with Crippen LogP contribution in [0.15, 0.2) is 24.5 Å². The van der Waals surface area contributed by atoms with Gasteiger partial charge in [0.05, 0.1) is 11.1 Å². The second-order valence-electron chi connectivity index (χ2n) is 3.06. The highest BCUT2D eigenvalue weighted by Gasteiger charge is 2.11. The summed E-state index contributed by atoms with van der Waals surface area (Å²) < 4.78 is 1.96. The summed E-state index contributed by atoms with van der Waals surface area (Å²) in [5.41, 5.74) is 7.37. The Balaban J connectivity index is 2.80. The van der Waals surface area contributed by atoms with Crippen LogP contribution in [0.1, 0.15) is 17.3 Å². The third kappa shape index (κ3) is 1.16. The summed E-state index contributed by atoms with van der Waals surface area (Å²) in [6, 6.07) is 3.78. The monoisotopic (exact) mass is 189 g/mol. The molecular formula is C10H11N3O. The highest BCUT2D eigenvalue weighted by atomic mass is 16.1. The van der Waals surface area contributed by atoms with E-state index >= 15 is 0 Å². The summed E-state index contributed by atoms with van der Waals surface area (Å²) in [7, 11) is 0. The molecule has 0 radical (unpaired) electrons. The van der Waals surface area contributed by atoms with Crippen LogP contribution in [0.25, 0.3) is 11.0 Å². The average molecular weight is 189 g/mol. The van der Waals surface area contributed by atoms with Crippen LogP contribution in [0, 0.1) is 0 Å². The normalized spacial score (nSPS) is 10.6. The zero-order chi connectivity index (χ0) is 10.1. The van der Waals surface area contributed by atoms with Gasteiger partial charge in [-0.05, 0) is 19.1 Å². The largest absolute Gasteiger partial charge is 0.365 e. The Morgan fingerprint density at radius 3 is 3.07 bits per heavy atom. The number of rotatable bonds is 2. The molecule has 2 N–H and O–H groups in total. The van der Waals surface area contributed by atoms with Crippen molar-refractivity contribution in [2.24, 2.45) is 5.73 Å². The van der Waals surface area contributed by atoms with Crippen LogP contribution in [0.2, 0.25) is 0 Å². The lowest BCUT2D eigenvalue weighted by Crippen LogP contribution is -2.10. The van der Waals surface area contributed by atoms with Crippen molar-refractivity contribution in [2.75, 3.05) is 0 Å². The van der Waals surface area contributed by atoms with Gasteiger partial charge in [0.25, 0.3) is 5.91 Å². The summed E-state index contributed by atoms with van der Waals surface area (Å²) in [6.07, 6.45) is 3.41. The molecule has 0 atom stereocenters. The molecule has 2 heterocycles. The van der Waals surface area contributed by atoms with Crippen molar-refractivity contribution in [3.8, 4) is 0 Å². The molecule has 4 nitrogen and oxygen atoms in total. The van der Waals surface area contributed by atoms with E-state index in [1.807, 2.05) is 23.6 Å². The van der Waals surface area contributed by atoms with E-state index in [0.717, 1.165) is 12.1 Å². The third-order valence-corrected chi connectivity index (χ3v) is 2.24. The molecule has 2 aromatic rings. The minimum atomic E-state index is -0.430. The first-order valence-corrected chi connectivity index (χ1v) is 4.47. The number of primary amides is 1. The van der Waals surface area contributed by atoms with Gasteiger partial charge in [0.1, 0.15) is 5.52 Å². The van der Waals surface area contributed by atoms with E-state index in [2.05, 4.69) is 4.98 Å². The molecule has 0 aliphatic carbocycles. The quantitative estimate of drug-likeness (QED) is 0.770. The molecule has 0 saturated heterocycles. The molecule has 0 fully saturated rings. The Hall–Kier alpha value is -1.84. The number of nitrogens with zero attached hydrogens (tertiary/aromatic N) is 2. The predicted octanol–water partition coefficient (Wildman–Crippen LogP) is 1.16. The van der Waals surface area contributed by atoms with Crippen molar-refractivity contribution >= 4 is 16.9 Å². The van der Waals surface area contributed by atoms with E-state index in [1.165, 1.54) is 0 Å². The Bertz CT molecular complexity index is 487. The van der Waals surface area contributed by atoms with E-state index in [4.69, 9.17) is 5.73 Å². The lowest BCUT2D eigenvalue weighted by Gasteiger charge is -1.97. The fourth-order valence-electron chi connectivity index (χ4n) is 1.56. The van der Waals surface area contributed by atoms with Gasteiger partial charge in [-0.1, -0.05) is 0 Å². The van der Waals surface area contributed by atoms with Crippen LogP contribution in [0.4, 0.5) is 0 Å². The van der Waals surface area contributed by atoms with Crippen LogP contribution < -0.4 is 5.73 Å². The highest BCUT2D eigenvalue weighted by molar-refractivity contribution is 6.04. The molecule has 2 rings (SSSR count). The molecule has 14 heavy (non-hydrogen) atoms. The summed E-state index contributed by atoms with van der Waals surface area (Å²) in [5, 5.41) is 0. The molecule has 0 aromatic carbocycles. The van der Waals surface area contributed by atoms with Gasteiger partial charge in [0, 0.05) is 18.9 Å². The molecule has 0 aliphatic rings. The standard InChI is InChI=1S/C10H11N3O/c1-2-13-6-7(10(11)14)9-8(13)4-3-5-12-9/h3-6H,2H2,1H3,(H2,11,14). The number of hydrogen-bond donors (Lipinski definition) is 1. The van der Waals surface area contributed by atoms with Crippen molar-refractivity contribution in [1.82, 2.24) is 9.55 Å². The summed E-state index contributed by atoms with van der Waals surface area (Å²) in [4.78, 5) is 15.3. The van der Waals surface area contributed by atoms with E-state index in [-0.39, 0.29) is 0 Å². The molecule has 0 spiro atoms. The second-order valence-corrected chi connectivity index (χ2v) is 3.06. The van der Waals surface area contributed by atoms with Gasteiger partial charge in [-0.2, -0.15) is 0 Å². The van der Waals surface area contributed by atoms with Crippen molar-refractivity contribution in [2.45, 2.75) is 13.5 Å². The lowest BCUT2D eigenvalue weighted by atomic mass is 10.2. The van der Waals surface area contributed by atoms with Crippen molar-refractivity contribution in [3.05, 3.63) is 30.1 Å². The number of amides is 1. The molecule has 2 aromatic heterocycles. The predicted molar refractivity (Wildman–Crippen MR) is 53.9 cm³/mol. The Kier molecular flexibility index (Phi) is 1.96. The molecule has 1 amide bonds. The third-order valence-electron chi connectivity index (χ3n) is 2.24. The maximum absolute atomic E-state index is 11.1. The number of pyridine rings is 1. The zero-order valence-electron chi connectivity index (χ0n) is 7.90. The summed E-state index contributed by atoms with van der Waals surface area (Å²) in [5.74, 6) is -0.430. The maximum atomic E-state index is 11.1. The molecular weight excluding hydrogens is 178 g/mol. The lowest BCUT2D eigenvalue weighted by molar-refractivity contribution is 0.100. The number of nitrogens with two attached hydrogens (primary N) is 1. The fourth-order valence-corrected chi connectivity index (χ4v) is 1.56. The van der Waals surface area contributed by atoms with Gasteiger partial charge in [0.15, 0.2) is 0 Å². The van der Waals surface area contributed by atoms with E-state index in [0.29, 0.717) is 11.1 Å². The number of carbonyl (C=O) groups is 1.